The van der Waals surface area contributed by atoms with Gasteiger partial charge < -0.3 is 15.4 Å². The van der Waals surface area contributed by atoms with Gasteiger partial charge in [-0.25, -0.2) is 0 Å². The Balaban J connectivity index is 1.86. The highest BCUT2D eigenvalue weighted by atomic mass is 16.5. The second kappa shape index (κ2) is 5.64. The molecule has 1 aromatic rings. The van der Waals surface area contributed by atoms with Crippen LogP contribution in [0.3, 0.4) is 0 Å². The first-order chi connectivity index (χ1) is 8.65. The summed E-state index contributed by atoms with van der Waals surface area (Å²) in [5.41, 5.74) is 0.764. The van der Waals surface area contributed by atoms with Gasteiger partial charge in [0.1, 0.15) is 6.10 Å². The van der Waals surface area contributed by atoms with Crippen molar-refractivity contribution >= 4 is 17.6 Å². The third-order valence-electron chi connectivity index (χ3n) is 2.78. The molecule has 0 aromatic heterocycles. The SMILES string of the molecule is CC(=O)OC1CNC(C(=O)Nc2ccccc2)C1. The molecule has 1 aliphatic rings. The predicted octanol–water partition coefficient (Wildman–Crippen LogP) is 0.919. The van der Waals surface area contributed by atoms with E-state index in [1.807, 2.05) is 30.3 Å². The lowest BCUT2D eigenvalue weighted by Crippen LogP contribution is -2.35. The third kappa shape index (κ3) is 3.30. The first-order valence-electron chi connectivity index (χ1n) is 5.91. The molecule has 2 atom stereocenters. The average molecular weight is 248 g/mol. The van der Waals surface area contributed by atoms with E-state index < -0.39 is 0 Å². The highest BCUT2D eigenvalue weighted by Crippen LogP contribution is 2.13. The summed E-state index contributed by atoms with van der Waals surface area (Å²) in [5, 5.41) is 5.86. The Hall–Kier alpha value is -1.88. The van der Waals surface area contributed by atoms with E-state index in [0.29, 0.717) is 13.0 Å². The lowest BCUT2D eigenvalue weighted by molar-refractivity contribution is -0.145. The van der Waals surface area contributed by atoms with Gasteiger partial charge in [-0.15, -0.1) is 0 Å². The zero-order valence-electron chi connectivity index (χ0n) is 10.2. The van der Waals surface area contributed by atoms with E-state index in [-0.39, 0.29) is 24.0 Å². The first-order valence-corrected chi connectivity index (χ1v) is 5.91. The quantitative estimate of drug-likeness (QED) is 0.780. The van der Waals surface area contributed by atoms with Crippen LogP contribution in [0.5, 0.6) is 0 Å². The minimum absolute atomic E-state index is 0.101. The molecule has 1 amide bonds. The van der Waals surface area contributed by atoms with E-state index in [2.05, 4.69) is 10.6 Å². The maximum atomic E-state index is 11.9. The van der Waals surface area contributed by atoms with Crippen molar-refractivity contribution in [1.29, 1.82) is 0 Å². The predicted molar refractivity (Wildman–Crippen MR) is 67.0 cm³/mol. The van der Waals surface area contributed by atoms with Crippen LogP contribution in [0, 0.1) is 0 Å². The lowest BCUT2D eigenvalue weighted by Gasteiger charge is -2.11. The van der Waals surface area contributed by atoms with Crippen molar-refractivity contribution in [3.8, 4) is 0 Å². The number of hydrogen-bond donors (Lipinski definition) is 2. The van der Waals surface area contributed by atoms with Crippen molar-refractivity contribution in [3.63, 3.8) is 0 Å². The van der Waals surface area contributed by atoms with Gasteiger partial charge in [-0.1, -0.05) is 18.2 Å². The summed E-state index contributed by atoms with van der Waals surface area (Å²) in [4.78, 5) is 22.7. The van der Waals surface area contributed by atoms with Crippen LogP contribution in [-0.2, 0) is 14.3 Å². The fraction of sp³-hybridized carbons (Fsp3) is 0.385. The van der Waals surface area contributed by atoms with Gasteiger partial charge in [-0.2, -0.15) is 0 Å². The number of nitrogens with one attached hydrogen (secondary N) is 2. The molecule has 2 unspecified atom stereocenters. The summed E-state index contributed by atoms with van der Waals surface area (Å²) < 4.78 is 5.06. The Kier molecular flexibility index (Phi) is 3.94. The zero-order chi connectivity index (χ0) is 13.0. The molecule has 1 aliphatic heterocycles. The van der Waals surface area contributed by atoms with Crippen LogP contribution in [0.1, 0.15) is 13.3 Å². The van der Waals surface area contributed by atoms with Gasteiger partial charge in [0.25, 0.3) is 0 Å². The smallest absolute Gasteiger partial charge is 0.302 e. The number of esters is 1. The van der Waals surface area contributed by atoms with Crippen molar-refractivity contribution in [2.75, 3.05) is 11.9 Å². The number of carbonyl (C=O) groups is 2. The first kappa shape index (κ1) is 12.6. The fourth-order valence-corrected chi connectivity index (χ4v) is 1.98. The second-order valence-electron chi connectivity index (χ2n) is 4.28. The number of hydrogen-bond acceptors (Lipinski definition) is 4. The third-order valence-corrected chi connectivity index (χ3v) is 2.78. The molecule has 2 rings (SSSR count). The van der Waals surface area contributed by atoms with E-state index in [4.69, 9.17) is 4.74 Å². The second-order valence-corrected chi connectivity index (χ2v) is 4.28. The van der Waals surface area contributed by atoms with Crippen LogP contribution in [0.25, 0.3) is 0 Å². The summed E-state index contributed by atoms with van der Waals surface area (Å²) in [5.74, 6) is -0.415. The molecule has 1 fully saturated rings. The Labute approximate surface area is 106 Å². The molecule has 18 heavy (non-hydrogen) atoms. The highest BCUT2D eigenvalue weighted by Gasteiger charge is 2.31. The maximum absolute atomic E-state index is 11.9. The molecule has 5 nitrogen and oxygen atoms in total. The van der Waals surface area contributed by atoms with Crippen LogP contribution in [0.2, 0.25) is 0 Å². The standard InChI is InChI=1S/C13H16N2O3/c1-9(16)18-11-7-12(14-8-11)13(17)15-10-5-3-2-4-6-10/h2-6,11-12,14H,7-8H2,1H3,(H,15,17). The van der Waals surface area contributed by atoms with Gasteiger partial charge in [0.2, 0.25) is 5.91 Å². The van der Waals surface area contributed by atoms with Crippen LogP contribution in [0.15, 0.2) is 30.3 Å². The summed E-state index contributed by atoms with van der Waals surface area (Å²) in [7, 11) is 0. The van der Waals surface area contributed by atoms with Crippen LogP contribution < -0.4 is 10.6 Å². The maximum Gasteiger partial charge on any atom is 0.302 e. The van der Waals surface area contributed by atoms with Crippen molar-refractivity contribution in [1.82, 2.24) is 5.32 Å². The summed E-state index contributed by atoms with van der Waals surface area (Å²) >= 11 is 0. The number of amides is 1. The molecule has 1 aromatic carbocycles. The summed E-state index contributed by atoms with van der Waals surface area (Å²) in [6.07, 6.45) is 0.298. The van der Waals surface area contributed by atoms with Crippen molar-refractivity contribution in [2.24, 2.45) is 0 Å². The van der Waals surface area contributed by atoms with Gasteiger partial charge in [-0.3, -0.25) is 9.59 Å². The van der Waals surface area contributed by atoms with E-state index >= 15 is 0 Å². The van der Waals surface area contributed by atoms with Gasteiger partial charge in [-0.05, 0) is 12.1 Å². The van der Waals surface area contributed by atoms with Gasteiger partial charge in [0.05, 0.1) is 6.04 Å². The Morgan fingerprint density at radius 3 is 2.72 bits per heavy atom. The Morgan fingerprint density at radius 2 is 2.06 bits per heavy atom. The van der Waals surface area contributed by atoms with E-state index in [1.165, 1.54) is 6.92 Å². The van der Waals surface area contributed by atoms with Crippen LogP contribution >= 0.6 is 0 Å². The van der Waals surface area contributed by atoms with Gasteiger partial charge in [0.15, 0.2) is 0 Å². The van der Waals surface area contributed by atoms with Gasteiger partial charge in [0, 0.05) is 25.6 Å². The molecule has 1 heterocycles. The molecular formula is C13H16N2O3. The molecule has 0 aliphatic carbocycles. The molecule has 0 spiro atoms. The van der Waals surface area contributed by atoms with Crippen molar-refractivity contribution in [3.05, 3.63) is 30.3 Å². The molecule has 96 valence electrons. The van der Waals surface area contributed by atoms with Crippen molar-refractivity contribution in [2.45, 2.75) is 25.5 Å². The molecule has 0 bridgehead atoms. The number of ether oxygens (including phenoxy) is 1. The topological polar surface area (TPSA) is 67.4 Å². The minimum Gasteiger partial charge on any atom is -0.461 e. The van der Waals surface area contributed by atoms with E-state index in [1.54, 1.807) is 0 Å². The number of benzene rings is 1. The molecule has 2 N–H and O–H groups in total. The van der Waals surface area contributed by atoms with Gasteiger partial charge >= 0.3 is 5.97 Å². The van der Waals surface area contributed by atoms with E-state index in [9.17, 15) is 9.59 Å². The number of anilines is 1. The number of carbonyl (C=O) groups excluding carboxylic acids is 2. The van der Waals surface area contributed by atoms with E-state index in [0.717, 1.165) is 5.69 Å². The Morgan fingerprint density at radius 1 is 1.33 bits per heavy atom. The summed E-state index contributed by atoms with van der Waals surface area (Å²) in [6, 6.07) is 8.96. The monoisotopic (exact) mass is 248 g/mol. The largest absolute Gasteiger partial charge is 0.461 e. The minimum atomic E-state index is -0.314. The zero-order valence-corrected chi connectivity index (χ0v) is 10.2. The van der Waals surface area contributed by atoms with Crippen LogP contribution in [0.4, 0.5) is 5.69 Å². The summed E-state index contributed by atoms with van der Waals surface area (Å²) in [6.45, 7) is 1.89. The average Bonchev–Trinajstić information content (AvgIpc) is 2.78. The molecule has 0 radical (unpaired) electrons. The lowest BCUT2D eigenvalue weighted by atomic mass is 10.2. The number of rotatable bonds is 3. The van der Waals surface area contributed by atoms with Crippen LogP contribution in [-0.4, -0.2) is 30.6 Å². The number of para-hydroxylation sites is 1. The van der Waals surface area contributed by atoms with Crippen molar-refractivity contribution < 1.29 is 14.3 Å². The highest BCUT2D eigenvalue weighted by molar-refractivity contribution is 5.95. The molecule has 0 saturated carbocycles. The molecular weight excluding hydrogens is 232 g/mol. The molecule has 1 saturated heterocycles. The normalized spacial score (nSPS) is 22.5. The molecule has 5 heteroatoms. The fourth-order valence-electron chi connectivity index (χ4n) is 1.98. The Bertz CT molecular complexity index is 433.